The summed E-state index contributed by atoms with van der Waals surface area (Å²) >= 11 is 5.64. The van der Waals surface area contributed by atoms with Crippen LogP contribution in [0, 0.1) is 3.82 Å². The molecule has 0 saturated carbocycles. The lowest BCUT2D eigenvalue weighted by atomic mass is 9.86. The lowest BCUT2D eigenvalue weighted by Gasteiger charge is -2.43. The molecule has 0 spiro atoms. The average Bonchev–Trinajstić information content (AvgIpc) is 3.06. The summed E-state index contributed by atoms with van der Waals surface area (Å²) in [5, 5.41) is 0. The molecule has 4 rings (SSSR count). The predicted octanol–water partition coefficient (Wildman–Crippen LogP) is 6.50. The first-order valence-corrected chi connectivity index (χ1v) is 11.3. The number of rotatable bonds is 3. The normalized spacial score (nSPS) is 14.4. The minimum absolute atomic E-state index is 0.0380. The molecule has 138 valence electrons. The molecule has 0 aliphatic carbocycles. The fourth-order valence-electron chi connectivity index (χ4n) is 3.57. The summed E-state index contributed by atoms with van der Waals surface area (Å²) in [4.78, 5) is 16.6. The van der Waals surface area contributed by atoms with Gasteiger partial charge in [-0.3, -0.25) is 9.69 Å². The second-order valence-corrected chi connectivity index (χ2v) is 9.63. The van der Waals surface area contributed by atoms with Crippen molar-refractivity contribution in [1.29, 1.82) is 0 Å². The maximum Gasteiger partial charge on any atom is 0.259 e. The van der Waals surface area contributed by atoms with Crippen molar-refractivity contribution in [2.75, 3.05) is 11.5 Å². The Kier molecular flexibility index (Phi) is 4.66. The third kappa shape index (κ3) is 2.83. The molecular weight excluding hydrogens is 394 g/mol. The molecular formula is C21H19NO2S3. The summed E-state index contributed by atoms with van der Waals surface area (Å²) < 4.78 is 6.79. The van der Waals surface area contributed by atoms with Crippen molar-refractivity contribution in [2.24, 2.45) is 0 Å². The van der Waals surface area contributed by atoms with Crippen molar-refractivity contribution in [1.82, 2.24) is 0 Å². The number of ether oxygens (including phenoxy) is 1. The third-order valence-corrected chi connectivity index (χ3v) is 8.09. The van der Waals surface area contributed by atoms with Crippen LogP contribution in [0.5, 0.6) is 5.75 Å². The Labute approximate surface area is 171 Å². The van der Waals surface area contributed by atoms with Crippen LogP contribution >= 0.6 is 32.9 Å². The topological polar surface area (TPSA) is 29.5 Å². The smallest absolute Gasteiger partial charge is 0.259 e. The molecule has 1 amide bonds. The zero-order chi connectivity index (χ0) is 19.2. The van der Waals surface area contributed by atoms with E-state index < -0.39 is 5.54 Å². The van der Waals surface area contributed by atoms with Gasteiger partial charge in [0.05, 0.1) is 22.7 Å². The quantitative estimate of drug-likeness (QED) is 0.362. The average molecular weight is 414 g/mol. The van der Waals surface area contributed by atoms with E-state index in [-0.39, 0.29) is 5.91 Å². The molecule has 1 aromatic heterocycles. The molecule has 0 bridgehead atoms. The zero-order valence-corrected chi connectivity index (χ0v) is 17.8. The van der Waals surface area contributed by atoms with E-state index in [2.05, 4.69) is 13.8 Å². The summed E-state index contributed by atoms with van der Waals surface area (Å²) in [6, 6.07) is 15.3. The van der Waals surface area contributed by atoms with E-state index in [9.17, 15) is 4.79 Å². The summed E-state index contributed by atoms with van der Waals surface area (Å²) in [6.07, 6.45) is 0. The lowest BCUT2D eigenvalue weighted by molar-refractivity contribution is 0.0960. The summed E-state index contributed by atoms with van der Waals surface area (Å²) in [5.74, 6) is 0.674. The minimum Gasteiger partial charge on any atom is -0.492 e. The molecule has 0 N–H and O–H groups in total. The molecule has 6 heteroatoms. The van der Waals surface area contributed by atoms with Gasteiger partial charge in [0.1, 0.15) is 9.57 Å². The van der Waals surface area contributed by atoms with Crippen molar-refractivity contribution in [2.45, 2.75) is 26.3 Å². The van der Waals surface area contributed by atoms with Crippen molar-refractivity contribution < 1.29 is 9.53 Å². The molecule has 3 aromatic rings. The molecule has 2 aromatic carbocycles. The van der Waals surface area contributed by atoms with Crippen molar-refractivity contribution in [3.63, 3.8) is 0 Å². The Hall–Kier alpha value is -2.02. The van der Waals surface area contributed by atoms with Crippen LogP contribution in [-0.2, 0) is 5.54 Å². The molecule has 0 radical (unpaired) electrons. The number of amides is 1. The maximum absolute atomic E-state index is 13.6. The number of carbonyl (C=O) groups excluding carboxylic acids is 1. The maximum atomic E-state index is 13.6. The van der Waals surface area contributed by atoms with Crippen molar-refractivity contribution in [3.8, 4) is 16.9 Å². The van der Waals surface area contributed by atoms with Gasteiger partial charge in [0.2, 0.25) is 0 Å². The highest BCUT2D eigenvalue weighted by Crippen LogP contribution is 2.55. The predicted molar refractivity (Wildman–Crippen MR) is 116 cm³/mol. The van der Waals surface area contributed by atoms with E-state index >= 15 is 0 Å². The number of nitrogens with zero attached hydrogens (tertiary/aromatic N) is 1. The molecule has 3 nitrogen and oxygen atoms in total. The molecule has 0 unspecified atom stereocenters. The number of hydrogen-bond acceptors (Lipinski definition) is 5. The van der Waals surface area contributed by atoms with Gasteiger partial charge in [-0.2, -0.15) is 0 Å². The highest BCUT2D eigenvalue weighted by atomic mass is 32.9. The van der Waals surface area contributed by atoms with Crippen molar-refractivity contribution in [3.05, 3.63) is 62.8 Å². The molecule has 1 aliphatic heterocycles. The van der Waals surface area contributed by atoms with Gasteiger partial charge < -0.3 is 4.74 Å². The molecule has 2 heterocycles. The zero-order valence-electron chi connectivity index (χ0n) is 15.3. The van der Waals surface area contributed by atoms with E-state index in [0.29, 0.717) is 17.9 Å². The number of hydrogen-bond donors (Lipinski definition) is 0. The number of benzene rings is 2. The first-order chi connectivity index (χ1) is 13.0. The summed E-state index contributed by atoms with van der Waals surface area (Å²) in [7, 11) is 3.25. The van der Waals surface area contributed by atoms with Gasteiger partial charge in [-0.05, 0) is 39.0 Å². The van der Waals surface area contributed by atoms with Gasteiger partial charge in [-0.1, -0.05) is 63.2 Å². The van der Waals surface area contributed by atoms with Crippen molar-refractivity contribution >= 4 is 44.5 Å². The second kappa shape index (κ2) is 6.86. The Morgan fingerprint density at radius 1 is 1.11 bits per heavy atom. The van der Waals surface area contributed by atoms with Gasteiger partial charge in [-0.25, -0.2) is 0 Å². The summed E-state index contributed by atoms with van der Waals surface area (Å²) in [6.45, 7) is 6.64. The van der Waals surface area contributed by atoms with E-state index in [4.69, 9.17) is 17.0 Å². The van der Waals surface area contributed by atoms with E-state index in [1.165, 1.54) is 0 Å². The Morgan fingerprint density at radius 2 is 1.85 bits per heavy atom. The lowest BCUT2D eigenvalue weighted by Crippen LogP contribution is -2.48. The van der Waals surface area contributed by atoms with E-state index in [1.807, 2.05) is 60.4 Å². The third-order valence-electron chi connectivity index (χ3n) is 4.76. The van der Waals surface area contributed by atoms with Crippen LogP contribution in [0.15, 0.2) is 48.5 Å². The number of fused-ring (bicyclic) bond motifs is 3. The minimum atomic E-state index is -0.527. The standard InChI is InChI=1S/C21H19NO2S3/c1-4-24-15-12-8-11-14-16-18(26-27-20(16)25)21(2,3)22(17(14)15)19(23)13-9-6-5-7-10-13/h5-12H,4H2,1-3H3. The summed E-state index contributed by atoms with van der Waals surface area (Å²) in [5.41, 5.74) is 2.98. The number of carbonyl (C=O) groups is 1. The SMILES string of the molecule is CCOc1cccc2c1N(C(=O)c1ccccc1)C(C)(C)c1ssc(=S)c1-2. The van der Waals surface area contributed by atoms with Gasteiger partial charge in [-0.15, -0.1) is 0 Å². The Morgan fingerprint density at radius 3 is 2.56 bits per heavy atom. The van der Waals surface area contributed by atoms with Crippen LogP contribution in [0.2, 0.25) is 0 Å². The monoisotopic (exact) mass is 413 g/mol. The highest BCUT2D eigenvalue weighted by molar-refractivity contribution is 7.80. The largest absolute Gasteiger partial charge is 0.492 e. The fourth-order valence-corrected chi connectivity index (χ4v) is 6.85. The molecule has 1 aliphatic rings. The van der Waals surface area contributed by atoms with Crippen LogP contribution in [0.1, 0.15) is 36.0 Å². The Balaban J connectivity index is 2.03. The first-order valence-electron chi connectivity index (χ1n) is 8.76. The van der Waals surface area contributed by atoms with E-state index in [0.717, 1.165) is 25.5 Å². The van der Waals surface area contributed by atoms with Crippen LogP contribution in [0.4, 0.5) is 5.69 Å². The van der Waals surface area contributed by atoms with Gasteiger partial charge >= 0.3 is 0 Å². The number of para-hydroxylation sites is 1. The molecule has 0 atom stereocenters. The first kappa shape index (κ1) is 18.3. The molecule has 0 fully saturated rings. The van der Waals surface area contributed by atoms with E-state index in [1.54, 1.807) is 20.7 Å². The molecule has 0 saturated heterocycles. The van der Waals surface area contributed by atoms with Crippen LogP contribution in [0.25, 0.3) is 11.1 Å². The second-order valence-electron chi connectivity index (χ2n) is 6.81. The van der Waals surface area contributed by atoms with Gasteiger partial charge in [0.25, 0.3) is 5.91 Å². The number of anilines is 1. The fraction of sp³-hybridized carbons (Fsp3) is 0.238. The van der Waals surface area contributed by atoms with Crippen LogP contribution < -0.4 is 9.64 Å². The molecule has 27 heavy (non-hydrogen) atoms. The Bertz CT molecular complexity index is 1070. The van der Waals surface area contributed by atoms with Gasteiger partial charge in [0.15, 0.2) is 0 Å². The van der Waals surface area contributed by atoms with Gasteiger partial charge in [0, 0.05) is 16.7 Å². The van der Waals surface area contributed by atoms with Crippen LogP contribution in [-0.4, -0.2) is 12.5 Å². The van der Waals surface area contributed by atoms with Crippen LogP contribution in [0.3, 0.4) is 0 Å². The highest BCUT2D eigenvalue weighted by Gasteiger charge is 2.44.